The van der Waals surface area contributed by atoms with E-state index < -0.39 is 26.2 Å². The van der Waals surface area contributed by atoms with Gasteiger partial charge >= 0.3 is 0 Å². The molecule has 2 aromatic rings. The molecule has 0 bridgehead atoms. The Kier molecular flexibility index (Phi) is 7.96. The molecule has 2 aromatic carbocycles. The van der Waals surface area contributed by atoms with Gasteiger partial charge < -0.3 is 5.11 Å². The molecule has 0 saturated carbocycles. The summed E-state index contributed by atoms with van der Waals surface area (Å²) in [5.74, 6) is 5.13. The molecule has 156 valence electrons. The molecule has 0 aliphatic rings. The lowest BCUT2D eigenvalue weighted by atomic mass is 10.2. The first-order chi connectivity index (χ1) is 13.6. The smallest absolute Gasteiger partial charge is 0.240 e. The Morgan fingerprint density at radius 1 is 0.828 bits per heavy atom. The molecule has 1 unspecified atom stereocenters. The molecule has 0 aromatic heterocycles. The average Bonchev–Trinajstić information content (AvgIpc) is 2.67. The van der Waals surface area contributed by atoms with Crippen LogP contribution in [0.4, 0.5) is 0 Å². The quantitative estimate of drug-likeness (QED) is 0.427. The fourth-order valence-electron chi connectivity index (χ4n) is 2.28. The number of aryl methyl sites for hydroxylation is 2. The maximum atomic E-state index is 12.1. The van der Waals surface area contributed by atoms with Gasteiger partial charge in [0, 0.05) is 19.5 Å². The van der Waals surface area contributed by atoms with E-state index >= 15 is 0 Å². The minimum atomic E-state index is -3.73. The Labute approximate surface area is 172 Å². The van der Waals surface area contributed by atoms with Gasteiger partial charge in [-0.3, -0.25) is 0 Å². The minimum Gasteiger partial charge on any atom is -0.379 e. The summed E-state index contributed by atoms with van der Waals surface area (Å²) >= 11 is 0. The average molecular weight is 437 g/mol. The summed E-state index contributed by atoms with van der Waals surface area (Å²) in [6.07, 6.45) is -1.03. The Bertz CT molecular complexity index is 1080. The molecule has 0 spiro atoms. The SMILES string of the molecule is Cc1ccc(S(=O)(=O)NCCC#CC(O)CNS(=O)(=O)c2ccc(C)cc2)cc1. The van der Waals surface area contributed by atoms with Gasteiger partial charge in [0.2, 0.25) is 20.0 Å². The van der Waals surface area contributed by atoms with Crippen LogP contribution in [-0.2, 0) is 20.0 Å². The zero-order valence-electron chi connectivity index (χ0n) is 16.2. The van der Waals surface area contributed by atoms with Crippen molar-refractivity contribution in [3.8, 4) is 11.8 Å². The number of rotatable bonds is 8. The molecule has 0 amide bonds. The minimum absolute atomic E-state index is 0.0744. The molecule has 29 heavy (non-hydrogen) atoms. The van der Waals surface area contributed by atoms with Gasteiger partial charge in [-0.05, 0) is 38.1 Å². The van der Waals surface area contributed by atoms with Crippen molar-refractivity contribution in [2.45, 2.75) is 36.2 Å². The van der Waals surface area contributed by atoms with Gasteiger partial charge in [0.05, 0.1) is 9.79 Å². The summed E-state index contributed by atoms with van der Waals surface area (Å²) in [5, 5.41) is 9.83. The Morgan fingerprint density at radius 3 is 1.76 bits per heavy atom. The molecular weight excluding hydrogens is 412 g/mol. The van der Waals surface area contributed by atoms with Crippen molar-refractivity contribution in [3.63, 3.8) is 0 Å². The molecule has 0 saturated heterocycles. The summed E-state index contributed by atoms with van der Waals surface area (Å²) < 4.78 is 53.3. The first-order valence-electron chi connectivity index (χ1n) is 8.89. The largest absolute Gasteiger partial charge is 0.379 e. The second-order valence-corrected chi connectivity index (χ2v) is 10.00. The third kappa shape index (κ3) is 7.27. The Hall–Kier alpha value is -2.22. The maximum Gasteiger partial charge on any atom is 0.240 e. The van der Waals surface area contributed by atoms with Gasteiger partial charge in [-0.25, -0.2) is 26.3 Å². The van der Waals surface area contributed by atoms with E-state index in [1.54, 1.807) is 24.3 Å². The van der Waals surface area contributed by atoms with Crippen molar-refractivity contribution in [3.05, 3.63) is 59.7 Å². The van der Waals surface area contributed by atoms with Gasteiger partial charge in [-0.1, -0.05) is 47.2 Å². The zero-order chi connectivity index (χ0) is 21.5. The molecule has 0 aliphatic carbocycles. The highest BCUT2D eigenvalue weighted by molar-refractivity contribution is 7.89. The van der Waals surface area contributed by atoms with Gasteiger partial charge in [-0.2, -0.15) is 0 Å². The van der Waals surface area contributed by atoms with Crippen LogP contribution in [0.15, 0.2) is 58.3 Å². The molecule has 1 atom stereocenters. The third-order valence-electron chi connectivity index (χ3n) is 3.94. The van der Waals surface area contributed by atoms with Gasteiger partial charge in [0.1, 0.15) is 6.10 Å². The van der Waals surface area contributed by atoms with Crippen molar-refractivity contribution >= 4 is 20.0 Å². The summed E-state index contributed by atoms with van der Waals surface area (Å²) in [4.78, 5) is 0.273. The number of aliphatic hydroxyl groups is 1. The van der Waals surface area contributed by atoms with Crippen LogP contribution in [-0.4, -0.2) is 41.1 Å². The van der Waals surface area contributed by atoms with Crippen LogP contribution >= 0.6 is 0 Å². The van der Waals surface area contributed by atoms with E-state index in [4.69, 9.17) is 0 Å². The van der Waals surface area contributed by atoms with Crippen molar-refractivity contribution in [1.29, 1.82) is 0 Å². The number of hydrogen-bond acceptors (Lipinski definition) is 5. The van der Waals surface area contributed by atoms with Crippen LogP contribution in [0, 0.1) is 25.7 Å². The molecule has 7 nitrogen and oxygen atoms in total. The van der Waals surface area contributed by atoms with Crippen molar-refractivity contribution in [2.24, 2.45) is 0 Å². The van der Waals surface area contributed by atoms with Crippen LogP contribution in [0.25, 0.3) is 0 Å². The molecule has 0 aliphatic heterocycles. The predicted molar refractivity (Wildman–Crippen MR) is 111 cm³/mol. The van der Waals surface area contributed by atoms with E-state index in [9.17, 15) is 21.9 Å². The highest BCUT2D eigenvalue weighted by atomic mass is 32.2. The van der Waals surface area contributed by atoms with E-state index in [2.05, 4.69) is 21.3 Å². The van der Waals surface area contributed by atoms with Crippen LogP contribution in [0.1, 0.15) is 17.5 Å². The van der Waals surface area contributed by atoms with Gasteiger partial charge in [0.25, 0.3) is 0 Å². The molecule has 2 rings (SSSR count). The standard InChI is InChI=1S/C20H24N2O5S2/c1-16-6-10-19(11-7-16)28(24,25)21-14-4-3-5-18(23)15-22-29(26,27)20-12-8-17(2)9-13-20/h6-13,18,21-23H,4,14-15H2,1-2H3. The maximum absolute atomic E-state index is 12.1. The molecule has 9 heteroatoms. The molecule has 0 heterocycles. The van der Waals surface area contributed by atoms with Gasteiger partial charge in [0.15, 0.2) is 0 Å². The summed E-state index contributed by atoms with van der Waals surface area (Å²) in [6.45, 7) is 3.53. The number of hydrogen-bond donors (Lipinski definition) is 3. The summed E-state index contributed by atoms with van der Waals surface area (Å²) in [5.41, 5.74) is 1.90. The molecule has 3 N–H and O–H groups in total. The third-order valence-corrected chi connectivity index (χ3v) is 6.86. The number of aliphatic hydroxyl groups excluding tert-OH is 1. The van der Waals surface area contributed by atoms with Crippen molar-refractivity contribution in [1.82, 2.24) is 9.44 Å². The monoisotopic (exact) mass is 436 g/mol. The van der Waals surface area contributed by atoms with E-state index in [-0.39, 0.29) is 29.3 Å². The van der Waals surface area contributed by atoms with Crippen molar-refractivity contribution in [2.75, 3.05) is 13.1 Å². The number of sulfonamides is 2. The number of nitrogens with one attached hydrogen (secondary N) is 2. The highest BCUT2D eigenvalue weighted by Gasteiger charge is 2.15. The van der Waals surface area contributed by atoms with E-state index in [0.717, 1.165) is 11.1 Å². The second-order valence-electron chi connectivity index (χ2n) is 6.46. The Balaban J connectivity index is 1.80. The normalized spacial score (nSPS) is 12.8. The lowest BCUT2D eigenvalue weighted by molar-refractivity contribution is 0.235. The lowest BCUT2D eigenvalue weighted by Crippen LogP contribution is -2.31. The molecular formula is C20H24N2O5S2. The first kappa shape index (κ1) is 23.1. The fourth-order valence-corrected chi connectivity index (χ4v) is 4.35. The second kappa shape index (κ2) is 10.0. The van der Waals surface area contributed by atoms with Crippen molar-refractivity contribution < 1.29 is 21.9 Å². The van der Waals surface area contributed by atoms with Crippen LogP contribution < -0.4 is 9.44 Å². The topological polar surface area (TPSA) is 113 Å². The fraction of sp³-hybridized carbons (Fsp3) is 0.300. The summed E-state index contributed by atoms with van der Waals surface area (Å²) in [7, 11) is -7.34. The Morgan fingerprint density at radius 2 is 1.28 bits per heavy atom. The van der Waals surface area contributed by atoms with Crippen LogP contribution in [0.2, 0.25) is 0 Å². The lowest BCUT2D eigenvalue weighted by Gasteiger charge is -2.08. The number of benzene rings is 2. The van der Waals surface area contributed by atoms with E-state index in [1.807, 2.05) is 13.8 Å². The van der Waals surface area contributed by atoms with Crippen LogP contribution in [0.3, 0.4) is 0 Å². The highest BCUT2D eigenvalue weighted by Crippen LogP contribution is 2.10. The van der Waals surface area contributed by atoms with E-state index in [1.165, 1.54) is 24.3 Å². The molecule has 0 radical (unpaired) electrons. The van der Waals surface area contributed by atoms with Gasteiger partial charge in [-0.15, -0.1) is 0 Å². The van der Waals surface area contributed by atoms with Crippen LogP contribution in [0.5, 0.6) is 0 Å². The zero-order valence-corrected chi connectivity index (χ0v) is 17.8. The van der Waals surface area contributed by atoms with E-state index in [0.29, 0.717) is 0 Å². The summed E-state index contributed by atoms with van der Waals surface area (Å²) in [6, 6.07) is 12.8. The predicted octanol–water partition coefficient (Wildman–Crippen LogP) is 1.31. The molecule has 0 fully saturated rings. The first-order valence-corrected chi connectivity index (χ1v) is 11.9.